The summed E-state index contributed by atoms with van der Waals surface area (Å²) >= 11 is 0. The van der Waals surface area contributed by atoms with Crippen molar-refractivity contribution in [3.05, 3.63) is 138 Å². The van der Waals surface area contributed by atoms with Gasteiger partial charge in [-0.05, 0) is 127 Å². The lowest BCUT2D eigenvalue weighted by Gasteiger charge is -2.44. The van der Waals surface area contributed by atoms with Gasteiger partial charge >= 0.3 is 0 Å². The first-order valence-electron chi connectivity index (χ1n) is 21.2. The highest BCUT2D eigenvalue weighted by atomic mass is 32.2. The largest absolute Gasteiger partial charge is 0.497 e. The molecule has 1 aliphatic heterocycles. The smallest absolute Gasteiger partial charge is 0.240 e. The number of piperidine rings is 1. The maximum absolute atomic E-state index is 13.4. The number of rotatable bonds is 21. The average molecular weight is 878 g/mol. The van der Waals surface area contributed by atoms with Gasteiger partial charge in [-0.3, -0.25) is 4.79 Å². The molecule has 0 saturated carbocycles. The van der Waals surface area contributed by atoms with Gasteiger partial charge < -0.3 is 33.9 Å². The van der Waals surface area contributed by atoms with Crippen molar-refractivity contribution in [2.45, 2.75) is 49.0 Å². The number of unbranched alkanes of at least 4 members (excludes halogenated alkanes) is 2. The van der Waals surface area contributed by atoms with Crippen molar-refractivity contribution in [3.8, 4) is 17.2 Å². The Morgan fingerprint density at radius 2 is 1.16 bits per heavy atom. The van der Waals surface area contributed by atoms with E-state index in [1.54, 1.807) is 33.5 Å². The van der Waals surface area contributed by atoms with E-state index in [0.29, 0.717) is 80.2 Å². The molecule has 1 saturated heterocycles. The molecule has 13 nitrogen and oxygen atoms in total. The first kappa shape index (κ1) is 46.7. The van der Waals surface area contributed by atoms with E-state index in [0.717, 1.165) is 22.4 Å². The molecule has 0 aromatic heterocycles. The standard InChI is InChI=1S/C49H59N5O8S/c1-53(2)42-20-16-40(17-21-42)51-52-41-18-28-46(29-19-41)63(57,58)50-32-8-6-7-9-47(56)54-33-30-48(35-55,31-34-54)36-62-49(37-10-22-43(59-3)23-11-37,38-12-24-44(60-4)25-13-38)39-14-26-45(61-5)27-15-39/h10-29,50,55H,6-9,30-36H2,1-5H3. The topological polar surface area (TPSA) is 152 Å². The van der Waals surface area contributed by atoms with Crippen LogP contribution in [0.25, 0.3) is 0 Å². The van der Waals surface area contributed by atoms with E-state index in [1.165, 1.54) is 12.1 Å². The van der Waals surface area contributed by atoms with E-state index in [4.69, 9.17) is 18.9 Å². The Kier molecular flexibility index (Phi) is 16.0. The van der Waals surface area contributed by atoms with Crippen LogP contribution in [0.3, 0.4) is 0 Å². The van der Waals surface area contributed by atoms with Gasteiger partial charge in [0.15, 0.2) is 0 Å². The Labute approximate surface area is 371 Å². The van der Waals surface area contributed by atoms with Crippen LogP contribution in [0.4, 0.5) is 17.1 Å². The van der Waals surface area contributed by atoms with Crippen LogP contribution in [0.15, 0.2) is 136 Å². The number of sulfonamides is 1. The summed E-state index contributed by atoms with van der Waals surface area (Å²) in [6.07, 6.45) is 3.41. The first-order valence-corrected chi connectivity index (χ1v) is 22.7. The summed E-state index contributed by atoms with van der Waals surface area (Å²) in [5, 5.41) is 19.4. The van der Waals surface area contributed by atoms with Gasteiger partial charge in [0.1, 0.15) is 22.8 Å². The van der Waals surface area contributed by atoms with E-state index in [2.05, 4.69) is 15.0 Å². The van der Waals surface area contributed by atoms with Gasteiger partial charge in [-0.25, -0.2) is 13.1 Å². The monoisotopic (exact) mass is 877 g/mol. The fourth-order valence-corrected chi connectivity index (χ4v) is 8.79. The zero-order chi connectivity index (χ0) is 44.9. The average Bonchev–Trinajstić information content (AvgIpc) is 3.33. The summed E-state index contributed by atoms with van der Waals surface area (Å²) < 4.78 is 52.2. The predicted octanol–water partition coefficient (Wildman–Crippen LogP) is 8.64. The molecule has 5 aromatic carbocycles. The Balaban J connectivity index is 1.01. The minimum Gasteiger partial charge on any atom is -0.497 e. The lowest BCUT2D eigenvalue weighted by molar-refractivity contribution is -0.137. The number of nitrogens with zero attached hydrogens (tertiary/aromatic N) is 4. The quantitative estimate of drug-likeness (QED) is 0.0419. The van der Waals surface area contributed by atoms with E-state index in [-0.39, 0.29) is 30.6 Å². The van der Waals surface area contributed by atoms with Gasteiger partial charge in [0, 0.05) is 51.3 Å². The predicted molar refractivity (Wildman–Crippen MR) is 245 cm³/mol. The summed E-state index contributed by atoms with van der Waals surface area (Å²) in [6, 6.07) is 37.4. The fourth-order valence-electron chi connectivity index (χ4n) is 7.72. The second-order valence-electron chi connectivity index (χ2n) is 16.0. The Bertz CT molecular complexity index is 2230. The summed E-state index contributed by atoms with van der Waals surface area (Å²) in [5.41, 5.74) is 3.26. The normalized spacial score (nSPS) is 14.1. The Hall–Kier alpha value is -5.80. The summed E-state index contributed by atoms with van der Waals surface area (Å²) in [7, 11) is 5.12. The number of aliphatic hydroxyl groups excluding tert-OH is 1. The van der Waals surface area contributed by atoms with Gasteiger partial charge in [0.05, 0.1) is 50.8 Å². The highest BCUT2D eigenvalue weighted by molar-refractivity contribution is 7.89. The van der Waals surface area contributed by atoms with Crippen LogP contribution in [0.1, 0.15) is 55.2 Å². The number of nitrogens with one attached hydrogen (secondary N) is 1. The number of anilines is 1. The minimum absolute atomic E-state index is 0.0508. The molecule has 2 N–H and O–H groups in total. The number of aliphatic hydroxyl groups is 1. The van der Waals surface area contributed by atoms with Gasteiger partial charge in [-0.2, -0.15) is 10.2 Å². The molecule has 0 aliphatic carbocycles. The van der Waals surface area contributed by atoms with Gasteiger partial charge in [0.2, 0.25) is 15.9 Å². The Morgan fingerprint density at radius 3 is 1.59 bits per heavy atom. The van der Waals surface area contributed by atoms with E-state index < -0.39 is 21.0 Å². The van der Waals surface area contributed by atoms with Crippen molar-refractivity contribution in [2.24, 2.45) is 15.6 Å². The highest BCUT2D eigenvalue weighted by Crippen LogP contribution is 2.45. The summed E-state index contributed by atoms with van der Waals surface area (Å²) in [4.78, 5) is 17.4. The molecule has 0 bridgehead atoms. The molecule has 63 heavy (non-hydrogen) atoms. The minimum atomic E-state index is -3.71. The van der Waals surface area contributed by atoms with Crippen molar-refractivity contribution in [1.82, 2.24) is 9.62 Å². The maximum Gasteiger partial charge on any atom is 0.240 e. The third-order valence-electron chi connectivity index (χ3n) is 11.8. The van der Waals surface area contributed by atoms with Crippen molar-refractivity contribution in [2.75, 3.05) is 73.2 Å². The van der Waals surface area contributed by atoms with Crippen LogP contribution in [-0.4, -0.2) is 92.6 Å². The second-order valence-corrected chi connectivity index (χ2v) is 17.8. The van der Waals surface area contributed by atoms with Crippen molar-refractivity contribution < 1.29 is 37.3 Å². The van der Waals surface area contributed by atoms with Crippen molar-refractivity contribution in [1.29, 1.82) is 0 Å². The Morgan fingerprint density at radius 1 is 0.698 bits per heavy atom. The number of carbonyl (C=O) groups is 1. The number of azo groups is 1. The number of benzene rings is 5. The van der Waals surface area contributed by atoms with Crippen LogP contribution >= 0.6 is 0 Å². The van der Waals surface area contributed by atoms with Crippen molar-refractivity contribution >= 4 is 33.0 Å². The number of methoxy groups -OCH3 is 3. The third-order valence-corrected chi connectivity index (χ3v) is 13.2. The van der Waals surface area contributed by atoms with Crippen LogP contribution in [-0.2, 0) is 25.2 Å². The van der Waals surface area contributed by atoms with Crippen LogP contribution in [0, 0.1) is 5.41 Å². The second kappa shape index (κ2) is 21.5. The van der Waals surface area contributed by atoms with E-state index in [1.807, 2.05) is 121 Å². The zero-order valence-corrected chi connectivity index (χ0v) is 37.6. The first-order chi connectivity index (χ1) is 30.4. The van der Waals surface area contributed by atoms with E-state index >= 15 is 0 Å². The number of likely N-dealkylation sites (tertiary alicyclic amines) is 1. The van der Waals surface area contributed by atoms with E-state index in [9.17, 15) is 18.3 Å². The number of amides is 1. The highest BCUT2D eigenvalue weighted by Gasteiger charge is 2.43. The molecule has 0 unspecified atom stereocenters. The van der Waals surface area contributed by atoms with Crippen LogP contribution in [0.5, 0.6) is 17.2 Å². The lowest BCUT2D eigenvalue weighted by Crippen LogP contribution is -2.48. The number of hydrogen-bond donors (Lipinski definition) is 2. The molecule has 1 amide bonds. The van der Waals surface area contributed by atoms with Crippen molar-refractivity contribution in [3.63, 3.8) is 0 Å². The van der Waals surface area contributed by atoms with Crippen LogP contribution in [0.2, 0.25) is 0 Å². The molecule has 1 aliphatic rings. The molecule has 334 valence electrons. The van der Waals surface area contributed by atoms with Crippen LogP contribution < -0.4 is 23.8 Å². The number of ether oxygens (including phenoxy) is 4. The van der Waals surface area contributed by atoms with Gasteiger partial charge in [-0.15, -0.1) is 0 Å². The third kappa shape index (κ3) is 11.6. The lowest BCUT2D eigenvalue weighted by atomic mass is 9.77. The number of carbonyl (C=O) groups excluding carboxylic acids is 1. The van der Waals surface area contributed by atoms with Gasteiger partial charge in [-0.1, -0.05) is 42.8 Å². The molecule has 0 spiro atoms. The zero-order valence-electron chi connectivity index (χ0n) is 36.8. The molecule has 14 heteroatoms. The number of hydrogen-bond acceptors (Lipinski definition) is 11. The molecular formula is C49H59N5O8S. The summed E-state index contributed by atoms with van der Waals surface area (Å²) in [5.74, 6) is 2.19. The van der Waals surface area contributed by atoms with Gasteiger partial charge in [0.25, 0.3) is 0 Å². The fraction of sp³-hybridized carbons (Fsp3) is 0.367. The molecule has 6 rings (SSSR count). The molecule has 1 fully saturated rings. The SMILES string of the molecule is COc1ccc(C(OCC2(CO)CCN(C(=O)CCCCCNS(=O)(=O)c3ccc(N=Nc4ccc(N(C)C)cc4)cc3)CC2)(c2ccc(OC)cc2)c2ccc(OC)cc2)cc1. The maximum atomic E-state index is 13.4. The molecule has 0 radical (unpaired) electrons. The molecular weight excluding hydrogens is 819 g/mol. The molecule has 0 atom stereocenters. The molecule has 1 heterocycles. The molecule has 5 aromatic rings. The summed E-state index contributed by atoms with van der Waals surface area (Å²) in [6.45, 7) is 1.37.